The Morgan fingerprint density at radius 3 is 1.34 bits per heavy atom. The SMILES string of the molecule is CCCC/C=C\C/C=C\CCCCCCCC(=O)NC(COP(=O)([O-])OCC[N+](C)(C)C)C(O)CCCCCCCCCCCCCCCCCCCCCCCCCCCCCC. The molecule has 0 aromatic carbocycles. The van der Waals surface area contributed by atoms with Gasteiger partial charge in [0.25, 0.3) is 7.82 Å². The number of hydrogen-bond donors (Lipinski definition) is 2. The molecule has 64 heavy (non-hydrogen) atoms. The van der Waals surface area contributed by atoms with E-state index in [9.17, 15) is 19.4 Å². The van der Waals surface area contributed by atoms with Gasteiger partial charge in [-0.15, -0.1) is 0 Å². The van der Waals surface area contributed by atoms with E-state index in [4.69, 9.17) is 9.05 Å². The van der Waals surface area contributed by atoms with Crippen molar-refractivity contribution in [3.63, 3.8) is 0 Å². The molecule has 9 heteroatoms. The summed E-state index contributed by atoms with van der Waals surface area (Å²) < 4.78 is 23.4. The number of aliphatic hydroxyl groups is 1. The molecule has 0 radical (unpaired) electrons. The van der Waals surface area contributed by atoms with Gasteiger partial charge in [0, 0.05) is 6.42 Å². The molecule has 0 aliphatic rings. The number of carbonyl (C=O) groups is 1. The molecule has 1 amide bonds. The van der Waals surface area contributed by atoms with Crippen LogP contribution in [0.15, 0.2) is 24.3 Å². The predicted molar refractivity (Wildman–Crippen MR) is 275 cm³/mol. The van der Waals surface area contributed by atoms with Crippen LogP contribution in [0.3, 0.4) is 0 Å². The van der Waals surface area contributed by atoms with E-state index < -0.39 is 20.0 Å². The third-order valence-corrected chi connectivity index (χ3v) is 13.7. The molecule has 0 aliphatic heterocycles. The lowest BCUT2D eigenvalue weighted by molar-refractivity contribution is -0.870. The molecule has 380 valence electrons. The number of allylic oxidation sites excluding steroid dienone is 4. The van der Waals surface area contributed by atoms with Crippen molar-refractivity contribution in [2.75, 3.05) is 40.9 Å². The molecule has 0 saturated heterocycles. The minimum atomic E-state index is -4.57. The maximum absolute atomic E-state index is 12.9. The second kappa shape index (κ2) is 47.1. The summed E-state index contributed by atoms with van der Waals surface area (Å²) in [4.78, 5) is 25.4. The summed E-state index contributed by atoms with van der Waals surface area (Å²) >= 11 is 0. The minimum absolute atomic E-state index is 0.0102. The van der Waals surface area contributed by atoms with Crippen LogP contribution in [0.1, 0.15) is 271 Å². The first kappa shape index (κ1) is 63.0. The van der Waals surface area contributed by atoms with Gasteiger partial charge < -0.3 is 28.8 Å². The average molecular weight is 925 g/mol. The number of nitrogens with zero attached hydrogens (tertiary/aromatic N) is 1. The van der Waals surface area contributed by atoms with Gasteiger partial charge in [0.2, 0.25) is 5.91 Å². The fourth-order valence-electron chi connectivity index (χ4n) is 8.29. The lowest BCUT2D eigenvalue weighted by Gasteiger charge is -2.30. The molecule has 3 unspecified atom stereocenters. The van der Waals surface area contributed by atoms with E-state index >= 15 is 0 Å². The summed E-state index contributed by atoms with van der Waals surface area (Å²) in [6.07, 6.45) is 57.9. The summed E-state index contributed by atoms with van der Waals surface area (Å²) in [5, 5.41) is 14.0. The van der Waals surface area contributed by atoms with Crippen LogP contribution in [0.5, 0.6) is 0 Å². The topological polar surface area (TPSA) is 108 Å². The van der Waals surface area contributed by atoms with E-state index in [1.807, 2.05) is 21.1 Å². The molecule has 0 saturated carbocycles. The molecular formula is C55H109N2O6P. The van der Waals surface area contributed by atoms with Gasteiger partial charge in [-0.25, -0.2) is 0 Å². The number of carbonyl (C=O) groups excluding carboxylic acids is 1. The molecule has 0 aromatic heterocycles. The van der Waals surface area contributed by atoms with Gasteiger partial charge in [0.05, 0.1) is 39.9 Å². The summed E-state index contributed by atoms with van der Waals surface area (Å²) in [5.74, 6) is -0.176. The van der Waals surface area contributed by atoms with Gasteiger partial charge in [-0.05, 0) is 38.5 Å². The van der Waals surface area contributed by atoms with Crippen LogP contribution in [0.2, 0.25) is 0 Å². The molecule has 0 rings (SSSR count). The van der Waals surface area contributed by atoms with E-state index in [1.165, 1.54) is 180 Å². The Bertz CT molecular complexity index is 1090. The lowest BCUT2D eigenvalue weighted by atomic mass is 10.0. The summed E-state index contributed by atoms with van der Waals surface area (Å²) in [5.41, 5.74) is 0. The highest BCUT2D eigenvalue weighted by Crippen LogP contribution is 2.38. The number of phosphoric ester groups is 1. The van der Waals surface area contributed by atoms with Crippen molar-refractivity contribution < 1.29 is 32.9 Å². The van der Waals surface area contributed by atoms with Gasteiger partial charge in [0.1, 0.15) is 13.2 Å². The number of unbranched alkanes of at least 4 members (excludes halogenated alkanes) is 34. The van der Waals surface area contributed by atoms with Crippen molar-refractivity contribution in [1.82, 2.24) is 5.32 Å². The number of hydrogen-bond acceptors (Lipinski definition) is 6. The molecule has 0 fully saturated rings. The van der Waals surface area contributed by atoms with Crippen molar-refractivity contribution >= 4 is 13.7 Å². The molecule has 0 heterocycles. The van der Waals surface area contributed by atoms with Gasteiger partial charge >= 0.3 is 0 Å². The number of rotatable bonds is 51. The third-order valence-electron chi connectivity index (χ3n) is 12.7. The Hall–Kier alpha value is -1.02. The molecule has 0 aliphatic carbocycles. The number of amides is 1. The highest BCUT2D eigenvalue weighted by atomic mass is 31.2. The van der Waals surface area contributed by atoms with Crippen LogP contribution in [0.4, 0.5) is 0 Å². The van der Waals surface area contributed by atoms with Crippen molar-refractivity contribution in [2.45, 2.75) is 283 Å². The summed E-state index contributed by atoms with van der Waals surface area (Å²) in [6, 6.07) is -0.807. The highest BCUT2D eigenvalue weighted by Gasteiger charge is 2.24. The zero-order valence-electron chi connectivity index (χ0n) is 43.3. The Morgan fingerprint density at radius 2 is 0.922 bits per heavy atom. The number of quaternary nitrogens is 1. The first-order chi connectivity index (χ1) is 31.0. The Balaban J connectivity index is 4.09. The second-order valence-corrected chi connectivity index (χ2v) is 21.7. The van der Waals surface area contributed by atoms with E-state index in [0.29, 0.717) is 23.9 Å². The smallest absolute Gasteiger partial charge is 0.268 e. The number of phosphoric acid groups is 1. The highest BCUT2D eigenvalue weighted by molar-refractivity contribution is 7.45. The van der Waals surface area contributed by atoms with Crippen LogP contribution < -0.4 is 10.2 Å². The van der Waals surface area contributed by atoms with E-state index in [1.54, 1.807) is 0 Å². The average Bonchev–Trinajstić information content (AvgIpc) is 3.25. The molecular weight excluding hydrogens is 816 g/mol. The predicted octanol–water partition coefficient (Wildman–Crippen LogP) is 15.8. The third kappa shape index (κ3) is 48.9. The van der Waals surface area contributed by atoms with Crippen LogP contribution in [0.25, 0.3) is 0 Å². The first-order valence-corrected chi connectivity index (χ1v) is 29.1. The van der Waals surface area contributed by atoms with Crippen LogP contribution >= 0.6 is 7.82 Å². The maximum Gasteiger partial charge on any atom is 0.268 e. The van der Waals surface area contributed by atoms with Gasteiger partial charge in [0.15, 0.2) is 0 Å². The van der Waals surface area contributed by atoms with Gasteiger partial charge in [-0.1, -0.05) is 250 Å². The standard InChI is InChI=1S/C55H109N2O6P/c1-6-8-10-12-14-16-18-20-22-23-24-25-26-27-28-29-30-31-32-33-34-35-36-38-40-42-44-46-48-54(58)53(52-63-64(60,61)62-51-50-57(3,4)5)56-55(59)49-47-45-43-41-39-37-21-19-17-15-13-11-9-7-2/h13,15,19,21,53-54,58H,6-12,14,16-18,20,22-52H2,1-5H3,(H-,56,59,60,61)/b15-13-,21-19-. The Morgan fingerprint density at radius 1 is 0.547 bits per heavy atom. The first-order valence-electron chi connectivity index (χ1n) is 27.7. The van der Waals surface area contributed by atoms with E-state index in [-0.39, 0.29) is 19.1 Å². The monoisotopic (exact) mass is 925 g/mol. The lowest BCUT2D eigenvalue weighted by Crippen LogP contribution is -2.46. The molecule has 0 aromatic rings. The summed E-state index contributed by atoms with van der Waals surface area (Å²) in [7, 11) is 1.30. The normalized spacial score (nSPS) is 14.2. The van der Waals surface area contributed by atoms with Crippen LogP contribution in [0, 0.1) is 0 Å². The molecule has 0 spiro atoms. The second-order valence-electron chi connectivity index (χ2n) is 20.3. The zero-order chi connectivity index (χ0) is 47.1. The zero-order valence-corrected chi connectivity index (χ0v) is 44.1. The quantitative estimate of drug-likeness (QED) is 0.0272. The minimum Gasteiger partial charge on any atom is -0.756 e. The Kier molecular flexibility index (Phi) is 46.3. The van der Waals surface area contributed by atoms with Gasteiger partial charge in [-0.3, -0.25) is 9.36 Å². The van der Waals surface area contributed by atoms with Crippen LogP contribution in [-0.2, 0) is 18.4 Å². The van der Waals surface area contributed by atoms with E-state index in [2.05, 4.69) is 43.5 Å². The fraction of sp³-hybridized carbons (Fsp3) is 0.909. The fourth-order valence-corrected chi connectivity index (χ4v) is 9.02. The van der Waals surface area contributed by atoms with Crippen molar-refractivity contribution in [3.05, 3.63) is 24.3 Å². The maximum atomic E-state index is 12.9. The largest absolute Gasteiger partial charge is 0.756 e. The molecule has 2 N–H and O–H groups in total. The summed E-state index contributed by atoms with van der Waals surface area (Å²) in [6.45, 7) is 4.70. The number of aliphatic hydroxyl groups excluding tert-OH is 1. The van der Waals surface area contributed by atoms with Crippen molar-refractivity contribution in [1.29, 1.82) is 0 Å². The number of likely N-dealkylation sites (N-methyl/N-ethyl adjacent to an activating group) is 1. The van der Waals surface area contributed by atoms with E-state index in [0.717, 1.165) is 64.2 Å². The van der Waals surface area contributed by atoms with Crippen molar-refractivity contribution in [3.8, 4) is 0 Å². The molecule has 8 nitrogen and oxygen atoms in total. The van der Waals surface area contributed by atoms with Crippen molar-refractivity contribution in [2.24, 2.45) is 0 Å². The Labute approximate surface area is 398 Å². The number of nitrogens with one attached hydrogen (secondary N) is 1. The van der Waals surface area contributed by atoms with Crippen LogP contribution in [-0.4, -0.2) is 68.5 Å². The molecule has 0 bridgehead atoms. The van der Waals surface area contributed by atoms with Gasteiger partial charge in [-0.2, -0.15) is 0 Å². The molecule has 3 atom stereocenters.